The van der Waals surface area contributed by atoms with Crippen molar-refractivity contribution >= 4 is 10.4 Å². The van der Waals surface area contributed by atoms with E-state index < -0.39 is 0 Å². The lowest BCUT2D eigenvalue weighted by atomic mass is 9.95. The molecule has 0 saturated carbocycles. The first-order valence-corrected chi connectivity index (χ1v) is 13.3. The van der Waals surface area contributed by atoms with E-state index >= 15 is 0 Å². The van der Waals surface area contributed by atoms with Gasteiger partial charge in [-0.3, -0.25) is 0 Å². The summed E-state index contributed by atoms with van der Waals surface area (Å²) in [5.74, 6) is 0. The summed E-state index contributed by atoms with van der Waals surface area (Å²) in [5.41, 5.74) is -0.147. The average Bonchev–Trinajstić information content (AvgIpc) is 2.72. The van der Waals surface area contributed by atoms with Gasteiger partial charge in [0.15, 0.2) is 0 Å². The Balaban J connectivity index is 0. The summed E-state index contributed by atoms with van der Waals surface area (Å²) in [6, 6.07) is 0.337. The molecule has 0 aliphatic heterocycles. The maximum Gasteiger partial charge on any atom is 0.308 e. The Morgan fingerprint density at radius 2 is 1.07 bits per heavy atom. The van der Waals surface area contributed by atoms with E-state index in [1.54, 1.807) is 21.3 Å². The van der Waals surface area contributed by atoms with Crippen LogP contribution in [0, 0.1) is 0 Å². The number of unbranched alkanes of at least 4 members (excludes halogenated alkanes) is 13. The lowest BCUT2D eigenvalue weighted by molar-refractivity contribution is -1.18. The van der Waals surface area contributed by atoms with Gasteiger partial charge in [-0.1, -0.05) is 90.4 Å². The molecule has 1 unspecified atom stereocenters. The van der Waals surface area contributed by atoms with Gasteiger partial charge >= 0.3 is 10.4 Å². The Kier molecular flexibility index (Phi) is 21.7. The van der Waals surface area contributed by atoms with Crippen LogP contribution >= 0.6 is 0 Å². The molecule has 4 nitrogen and oxygen atoms in total. The van der Waals surface area contributed by atoms with Gasteiger partial charge in [0.25, 0.3) is 0 Å². The molecule has 0 rings (SSSR count). The van der Waals surface area contributed by atoms with Crippen molar-refractivity contribution in [3.63, 3.8) is 0 Å². The van der Waals surface area contributed by atoms with Crippen LogP contribution in [0.15, 0.2) is 0 Å². The Morgan fingerprint density at radius 1 is 0.700 bits per heavy atom. The topological polar surface area (TPSA) is 27.7 Å². The number of ether oxygens (including phenoxy) is 1. The summed E-state index contributed by atoms with van der Waals surface area (Å²) in [6.07, 6.45) is 21.7. The smallest absolute Gasteiger partial charge is 0.308 e. The zero-order chi connectivity index (χ0) is 22.0. The number of rotatable bonds is 21. The fraction of sp³-hybridized carbons (Fsp3) is 1.00. The SMILES string of the molecule is CCCCCCCCCCCCCCCCC(CC(C)(C)OC)[N+]([SiH3])(OC)OC.[Cl-]. The summed E-state index contributed by atoms with van der Waals surface area (Å²) >= 11 is 0. The molecule has 0 aromatic heterocycles. The van der Waals surface area contributed by atoms with Crippen LogP contribution in [0.25, 0.3) is 0 Å². The van der Waals surface area contributed by atoms with Gasteiger partial charge < -0.3 is 17.1 Å². The van der Waals surface area contributed by atoms with Gasteiger partial charge in [-0.05, 0) is 20.3 Å². The number of hydrogen-bond acceptors (Lipinski definition) is 3. The van der Waals surface area contributed by atoms with Gasteiger partial charge in [-0.2, -0.15) is 9.68 Å². The molecule has 0 bridgehead atoms. The van der Waals surface area contributed by atoms with Gasteiger partial charge in [0.2, 0.25) is 0 Å². The molecule has 0 aliphatic carbocycles. The molecule has 1 atom stereocenters. The molecule has 0 aromatic rings. The van der Waals surface area contributed by atoms with Crippen molar-refractivity contribution < 1.29 is 31.3 Å². The van der Waals surface area contributed by atoms with E-state index in [1.807, 2.05) is 0 Å². The third kappa shape index (κ3) is 16.0. The highest BCUT2D eigenvalue weighted by molar-refractivity contribution is 5.96. The molecule has 0 amide bonds. The van der Waals surface area contributed by atoms with Crippen LogP contribution < -0.4 is 12.4 Å². The number of hydrogen-bond donors (Lipinski definition) is 0. The van der Waals surface area contributed by atoms with Crippen LogP contribution in [-0.4, -0.2) is 47.9 Å². The van der Waals surface area contributed by atoms with E-state index in [-0.39, 0.29) is 18.0 Å². The van der Waals surface area contributed by atoms with Crippen molar-refractivity contribution in [2.75, 3.05) is 21.3 Å². The first kappa shape index (κ1) is 32.5. The Morgan fingerprint density at radius 3 is 1.40 bits per heavy atom. The maximum absolute atomic E-state index is 5.73. The molecule has 0 saturated heterocycles. The Bertz CT molecular complexity index is 368. The predicted octanol–water partition coefficient (Wildman–Crippen LogP) is 3.27. The van der Waals surface area contributed by atoms with E-state index in [2.05, 4.69) is 20.8 Å². The van der Waals surface area contributed by atoms with Crippen molar-refractivity contribution in [2.45, 2.75) is 135 Å². The van der Waals surface area contributed by atoms with Crippen LogP contribution in [0.1, 0.15) is 124 Å². The molecule has 0 spiro atoms. The third-order valence-electron chi connectivity index (χ3n) is 6.56. The molecule has 30 heavy (non-hydrogen) atoms. The molecule has 0 aromatic carbocycles. The largest absolute Gasteiger partial charge is 1.00 e. The molecule has 0 fully saturated rings. The lowest BCUT2D eigenvalue weighted by Gasteiger charge is -2.38. The van der Waals surface area contributed by atoms with Crippen LogP contribution in [0.3, 0.4) is 0 Å². The van der Waals surface area contributed by atoms with E-state index in [4.69, 9.17) is 14.4 Å². The first-order chi connectivity index (χ1) is 13.8. The molecule has 0 N–H and O–H groups in total. The fourth-order valence-corrected chi connectivity index (χ4v) is 4.54. The highest BCUT2D eigenvalue weighted by Gasteiger charge is 2.38. The normalized spacial score (nSPS) is 13.4. The van der Waals surface area contributed by atoms with Gasteiger partial charge in [0, 0.05) is 20.0 Å². The molecule has 0 aliphatic rings. The molecule has 6 heteroatoms. The number of quaternary nitrogens is 1. The number of halogens is 1. The molecular formula is C24H54ClNO3Si. The van der Waals surface area contributed by atoms with E-state index in [0.717, 1.165) is 23.2 Å². The number of methoxy groups -OCH3 is 1. The van der Waals surface area contributed by atoms with Crippen molar-refractivity contribution in [1.82, 2.24) is 0 Å². The minimum absolute atomic E-state index is 0. The monoisotopic (exact) mass is 467 g/mol. The van der Waals surface area contributed by atoms with Crippen molar-refractivity contribution in [2.24, 2.45) is 0 Å². The van der Waals surface area contributed by atoms with Gasteiger partial charge in [-0.15, -0.1) is 4.48 Å². The van der Waals surface area contributed by atoms with Gasteiger partial charge in [0.1, 0.15) is 6.04 Å². The second-order valence-electron chi connectivity index (χ2n) is 9.48. The van der Waals surface area contributed by atoms with Gasteiger partial charge in [-0.25, -0.2) is 0 Å². The molecular weight excluding hydrogens is 414 g/mol. The molecule has 0 heterocycles. The second-order valence-corrected chi connectivity index (χ2v) is 10.7. The van der Waals surface area contributed by atoms with Crippen LogP contribution in [0.5, 0.6) is 0 Å². The Labute approximate surface area is 198 Å². The summed E-state index contributed by atoms with van der Waals surface area (Å²) in [4.78, 5) is 11.5. The predicted molar refractivity (Wildman–Crippen MR) is 129 cm³/mol. The summed E-state index contributed by atoms with van der Waals surface area (Å²) < 4.78 is 6.00. The number of nitrogens with zero attached hydrogens (tertiary/aromatic N) is 1. The first-order valence-electron chi connectivity index (χ1n) is 12.4. The minimum atomic E-state index is -0.147. The van der Waals surface area contributed by atoms with Crippen molar-refractivity contribution in [1.29, 1.82) is 0 Å². The summed E-state index contributed by atoms with van der Waals surface area (Å²) in [6.45, 7) is 6.60. The lowest BCUT2D eigenvalue weighted by Crippen LogP contribution is -3.00. The van der Waals surface area contributed by atoms with E-state index in [9.17, 15) is 0 Å². The average molecular weight is 468 g/mol. The highest BCUT2D eigenvalue weighted by Crippen LogP contribution is 2.27. The zero-order valence-corrected chi connectivity index (χ0v) is 24.2. The van der Waals surface area contributed by atoms with Crippen LogP contribution in [-0.2, 0) is 14.4 Å². The highest BCUT2D eigenvalue weighted by atomic mass is 35.5. The van der Waals surface area contributed by atoms with Crippen LogP contribution in [0.2, 0.25) is 0 Å². The standard InChI is InChI=1S/C24H54NO3Si.ClH/c1-7-8-9-10-11-12-13-14-15-16-17-18-19-20-21-23(22-24(2,3)26-4)25(29,27-5)28-6;/h23H,7-22H2,1-6,29H3;1H/q+1;/p-1. The minimum Gasteiger partial charge on any atom is -1.00 e. The van der Waals surface area contributed by atoms with Crippen molar-refractivity contribution in [3.05, 3.63) is 0 Å². The summed E-state index contributed by atoms with van der Waals surface area (Å²) in [5, 5.41) is 0. The summed E-state index contributed by atoms with van der Waals surface area (Å²) in [7, 11) is 6.12. The molecule has 0 radical (unpaired) electrons. The quantitative estimate of drug-likeness (QED) is 0.147. The zero-order valence-electron chi connectivity index (χ0n) is 21.4. The number of hydroxylamine groups is 2. The fourth-order valence-electron chi connectivity index (χ4n) is 4.10. The maximum atomic E-state index is 5.73. The van der Waals surface area contributed by atoms with Crippen molar-refractivity contribution in [3.8, 4) is 0 Å². The third-order valence-corrected chi connectivity index (χ3v) is 8.02. The van der Waals surface area contributed by atoms with Crippen LogP contribution in [0.4, 0.5) is 0 Å². The van der Waals surface area contributed by atoms with E-state index in [0.29, 0.717) is 10.5 Å². The van der Waals surface area contributed by atoms with Gasteiger partial charge in [0.05, 0.1) is 19.8 Å². The van der Waals surface area contributed by atoms with E-state index in [1.165, 1.54) is 89.9 Å². The molecule has 184 valence electrons. The Hall–Kier alpha value is 0.347. The second kappa shape index (κ2) is 20.0.